The van der Waals surface area contributed by atoms with Crippen molar-refractivity contribution >= 4 is 17.6 Å². The second kappa shape index (κ2) is 7.64. The van der Waals surface area contributed by atoms with E-state index in [-0.39, 0.29) is 33.5 Å². The minimum Gasteiger partial charge on any atom is -0.469 e. The van der Waals surface area contributed by atoms with Crippen molar-refractivity contribution in [3.05, 3.63) is 30.1 Å². The van der Waals surface area contributed by atoms with Gasteiger partial charge < -0.3 is 4.74 Å². The van der Waals surface area contributed by atoms with Crippen molar-refractivity contribution in [2.24, 2.45) is 38.6 Å². The highest BCUT2D eigenvalue weighted by molar-refractivity contribution is 5.96. The van der Waals surface area contributed by atoms with E-state index in [1.807, 2.05) is 6.07 Å². The van der Waals surface area contributed by atoms with Crippen LogP contribution in [0.3, 0.4) is 0 Å². The maximum Gasteiger partial charge on any atom is 0.311 e. The molecule has 1 N–H and O–H groups in total. The zero-order valence-electron chi connectivity index (χ0n) is 20.4. The van der Waals surface area contributed by atoms with E-state index >= 15 is 0 Å². The molecule has 4 aliphatic carbocycles. The number of nitrogens with zero attached hydrogens (tertiary/aromatic N) is 2. The Labute approximate surface area is 197 Å². The first-order chi connectivity index (χ1) is 15.7. The molecule has 4 fully saturated rings. The molecular formula is C27H37N3O3. The molecule has 6 nitrogen and oxygen atoms in total. The van der Waals surface area contributed by atoms with E-state index in [4.69, 9.17) is 9.84 Å². The van der Waals surface area contributed by atoms with Gasteiger partial charge in [-0.25, -0.2) is 5.43 Å². The third kappa shape index (κ3) is 3.27. The number of carbonyl (C=O) groups excluding carboxylic acids is 2. The minimum absolute atomic E-state index is 0.0269. The Hall–Kier alpha value is -2.24. The fraction of sp³-hybridized carbons (Fsp3) is 0.704. The molecule has 33 heavy (non-hydrogen) atoms. The van der Waals surface area contributed by atoms with Crippen LogP contribution < -0.4 is 5.43 Å². The summed E-state index contributed by atoms with van der Waals surface area (Å²) in [5, 5.41) is 4.70. The van der Waals surface area contributed by atoms with Crippen LogP contribution in [0.4, 0.5) is 0 Å². The molecule has 0 aromatic carbocycles. The summed E-state index contributed by atoms with van der Waals surface area (Å²) in [6.45, 7) is 6.95. The highest BCUT2D eigenvalue weighted by Crippen LogP contribution is 2.73. The van der Waals surface area contributed by atoms with Gasteiger partial charge in [0.05, 0.1) is 12.5 Å². The van der Waals surface area contributed by atoms with Gasteiger partial charge in [0.25, 0.3) is 5.91 Å². The molecule has 4 saturated carbocycles. The predicted molar refractivity (Wildman–Crippen MR) is 126 cm³/mol. The largest absolute Gasteiger partial charge is 0.469 e. The van der Waals surface area contributed by atoms with Crippen molar-refractivity contribution in [2.45, 2.75) is 78.6 Å². The highest BCUT2D eigenvalue weighted by Gasteiger charge is 2.67. The Kier molecular flexibility index (Phi) is 5.22. The lowest BCUT2D eigenvalue weighted by Crippen LogP contribution is -2.58. The Morgan fingerprint density at radius 1 is 1.09 bits per heavy atom. The fourth-order valence-corrected chi connectivity index (χ4v) is 8.85. The van der Waals surface area contributed by atoms with Crippen molar-refractivity contribution in [1.29, 1.82) is 0 Å². The minimum atomic E-state index is -0.379. The molecule has 6 heteroatoms. The molecule has 2 bridgehead atoms. The topological polar surface area (TPSA) is 80.6 Å². The summed E-state index contributed by atoms with van der Waals surface area (Å²) in [6, 6.07) is 5.33. The van der Waals surface area contributed by atoms with Gasteiger partial charge in [0.2, 0.25) is 0 Å². The zero-order valence-corrected chi connectivity index (χ0v) is 20.4. The fourth-order valence-electron chi connectivity index (χ4n) is 8.85. The van der Waals surface area contributed by atoms with Crippen LogP contribution in [-0.4, -0.2) is 29.7 Å². The van der Waals surface area contributed by atoms with E-state index in [0.717, 1.165) is 50.7 Å². The van der Waals surface area contributed by atoms with Crippen LogP contribution in [0.2, 0.25) is 0 Å². The second-order valence-electron chi connectivity index (χ2n) is 11.9. The maximum atomic E-state index is 12.9. The number of carbonyl (C=O) groups is 2. The van der Waals surface area contributed by atoms with Crippen LogP contribution in [-0.2, 0) is 9.53 Å². The molecule has 1 amide bonds. The normalized spacial score (nSPS) is 42.8. The summed E-state index contributed by atoms with van der Waals surface area (Å²) in [5.41, 5.74) is 4.36. The molecular weight excluding hydrogens is 414 g/mol. The first-order valence-electron chi connectivity index (χ1n) is 12.5. The summed E-state index contributed by atoms with van der Waals surface area (Å²) in [6.07, 6.45) is 11.4. The van der Waals surface area contributed by atoms with Crippen LogP contribution in [0.5, 0.6) is 0 Å². The van der Waals surface area contributed by atoms with Gasteiger partial charge >= 0.3 is 5.97 Å². The molecule has 0 saturated heterocycles. The van der Waals surface area contributed by atoms with E-state index in [9.17, 15) is 9.59 Å². The van der Waals surface area contributed by atoms with Gasteiger partial charge in [0.15, 0.2) is 0 Å². The number of rotatable bonds is 3. The zero-order chi connectivity index (χ0) is 23.5. The number of hydrazone groups is 1. The molecule has 6 atom stereocenters. The van der Waals surface area contributed by atoms with Crippen molar-refractivity contribution in [3.8, 4) is 0 Å². The third-order valence-corrected chi connectivity index (χ3v) is 10.2. The molecule has 2 unspecified atom stereocenters. The Morgan fingerprint density at radius 2 is 1.88 bits per heavy atom. The Balaban J connectivity index is 1.42. The lowest BCUT2D eigenvalue weighted by molar-refractivity contribution is -0.185. The third-order valence-electron chi connectivity index (χ3n) is 10.2. The maximum absolute atomic E-state index is 12.9. The quantitative estimate of drug-likeness (QED) is 0.509. The van der Waals surface area contributed by atoms with E-state index in [2.05, 4.69) is 31.2 Å². The standard InChI is InChI=1S/C27H37N3O3/c1-24-13-9-20-25(2)11-7-12-26(3,23(32)33-4)19(25)10-14-27(20,17-24)16-21(24)29-30-22(31)18-8-5-6-15-28-18/h5-6,8,15,19-20H,7,9-14,16-17H2,1-4H3,(H,30,31)/t19?,20?,24-,25+,26+,27-/m0/s1. The Bertz CT molecular complexity index is 994. The number of amides is 1. The van der Waals surface area contributed by atoms with Crippen molar-refractivity contribution in [2.75, 3.05) is 7.11 Å². The predicted octanol–water partition coefficient (Wildman–Crippen LogP) is 5.14. The van der Waals surface area contributed by atoms with E-state index in [1.54, 1.807) is 18.3 Å². The first-order valence-corrected chi connectivity index (χ1v) is 12.5. The lowest BCUT2D eigenvalue weighted by atomic mass is 9.40. The lowest BCUT2D eigenvalue weighted by Gasteiger charge is -2.64. The van der Waals surface area contributed by atoms with Gasteiger partial charge in [-0.05, 0) is 93.1 Å². The van der Waals surface area contributed by atoms with Crippen LogP contribution in [0.1, 0.15) is 89.0 Å². The van der Waals surface area contributed by atoms with Crippen molar-refractivity contribution in [3.63, 3.8) is 0 Å². The molecule has 1 aromatic rings. The number of esters is 1. The molecule has 0 radical (unpaired) electrons. The summed E-state index contributed by atoms with van der Waals surface area (Å²) in [7, 11) is 1.54. The number of hydrogen-bond donors (Lipinski definition) is 1. The van der Waals surface area contributed by atoms with Crippen molar-refractivity contribution < 1.29 is 14.3 Å². The van der Waals surface area contributed by atoms with Gasteiger partial charge in [0.1, 0.15) is 5.69 Å². The number of ether oxygens (including phenoxy) is 1. The summed E-state index contributed by atoms with van der Waals surface area (Å²) in [5.74, 6) is 0.677. The van der Waals surface area contributed by atoms with Crippen LogP contribution in [0.15, 0.2) is 29.5 Å². The number of aromatic nitrogens is 1. The van der Waals surface area contributed by atoms with Gasteiger partial charge in [-0.3, -0.25) is 14.6 Å². The molecule has 4 aliphatic rings. The van der Waals surface area contributed by atoms with Gasteiger partial charge in [-0.15, -0.1) is 0 Å². The molecule has 5 rings (SSSR count). The number of nitrogens with one attached hydrogen (secondary N) is 1. The van der Waals surface area contributed by atoms with E-state index < -0.39 is 0 Å². The summed E-state index contributed by atoms with van der Waals surface area (Å²) >= 11 is 0. The molecule has 0 aliphatic heterocycles. The number of hydrogen-bond acceptors (Lipinski definition) is 5. The van der Waals surface area contributed by atoms with E-state index in [1.165, 1.54) is 20.0 Å². The van der Waals surface area contributed by atoms with Gasteiger partial charge in [-0.1, -0.05) is 26.3 Å². The number of fused-ring (bicyclic) bond motifs is 3. The molecule has 178 valence electrons. The average Bonchev–Trinajstić information content (AvgIpc) is 3.01. The van der Waals surface area contributed by atoms with Crippen LogP contribution >= 0.6 is 0 Å². The SMILES string of the molecule is COC(=O)[C@]1(C)CCC[C@@]2(C)C3CC[C@@]4(C)C[C@]3(CCC21)CC4=NNC(=O)c1ccccn1. The smallest absolute Gasteiger partial charge is 0.311 e. The molecule has 1 heterocycles. The molecule has 1 spiro atoms. The highest BCUT2D eigenvalue weighted by atomic mass is 16.5. The average molecular weight is 452 g/mol. The molecule has 1 aromatic heterocycles. The van der Waals surface area contributed by atoms with Crippen LogP contribution in [0.25, 0.3) is 0 Å². The number of pyridine rings is 1. The summed E-state index contributed by atoms with van der Waals surface area (Å²) in [4.78, 5) is 29.6. The number of methoxy groups -OCH3 is 1. The summed E-state index contributed by atoms with van der Waals surface area (Å²) < 4.78 is 5.30. The van der Waals surface area contributed by atoms with Crippen molar-refractivity contribution in [1.82, 2.24) is 10.4 Å². The van der Waals surface area contributed by atoms with Gasteiger partial charge in [0, 0.05) is 17.3 Å². The van der Waals surface area contributed by atoms with E-state index in [0.29, 0.717) is 17.5 Å². The first kappa shape index (κ1) is 22.5. The van der Waals surface area contributed by atoms with Gasteiger partial charge in [-0.2, -0.15) is 5.10 Å². The Morgan fingerprint density at radius 3 is 2.61 bits per heavy atom. The van der Waals surface area contributed by atoms with Crippen LogP contribution in [0, 0.1) is 33.5 Å². The second-order valence-corrected chi connectivity index (χ2v) is 11.9. The monoisotopic (exact) mass is 451 g/mol.